The number of ether oxygens (including phenoxy) is 1. The van der Waals surface area contributed by atoms with Gasteiger partial charge in [0.05, 0.1) is 5.56 Å². The van der Waals surface area contributed by atoms with Crippen LogP contribution >= 0.6 is 0 Å². The summed E-state index contributed by atoms with van der Waals surface area (Å²) in [6, 6.07) is 2.06. The summed E-state index contributed by atoms with van der Waals surface area (Å²) < 4.78 is 40.4. The molecule has 0 amide bonds. The van der Waals surface area contributed by atoms with Crippen LogP contribution in [0.3, 0.4) is 0 Å². The fourth-order valence-electron chi connectivity index (χ4n) is 0.845. The van der Waals surface area contributed by atoms with Gasteiger partial charge in [0.2, 0.25) is 0 Å². The van der Waals surface area contributed by atoms with Gasteiger partial charge in [0.15, 0.2) is 11.5 Å². The summed E-state index contributed by atoms with van der Waals surface area (Å²) in [7, 11) is 0. The number of carbonyl (C=O) groups excluding carboxylic acids is 1. The molecule has 0 bridgehead atoms. The lowest BCUT2D eigenvalue weighted by Gasteiger charge is -2.08. The van der Waals surface area contributed by atoms with Crippen molar-refractivity contribution in [3.63, 3.8) is 0 Å². The second-order valence-corrected chi connectivity index (χ2v) is 2.39. The van der Waals surface area contributed by atoms with Gasteiger partial charge in [-0.05, 0) is 18.2 Å². The van der Waals surface area contributed by atoms with Crippen LogP contribution in [-0.4, -0.2) is 11.6 Å². The van der Waals surface area contributed by atoms with E-state index in [-0.39, 0.29) is 12.2 Å². The third-order valence-corrected chi connectivity index (χ3v) is 1.46. The van der Waals surface area contributed by atoms with E-state index in [1.54, 1.807) is 0 Å². The van der Waals surface area contributed by atoms with Gasteiger partial charge in [0.1, 0.15) is 0 Å². The van der Waals surface area contributed by atoms with Crippen LogP contribution in [0.1, 0.15) is 5.56 Å². The fourth-order valence-corrected chi connectivity index (χ4v) is 0.845. The molecule has 0 saturated heterocycles. The summed E-state index contributed by atoms with van der Waals surface area (Å²) in [5.74, 6) is -1.04. The van der Waals surface area contributed by atoms with Gasteiger partial charge in [0, 0.05) is 0 Å². The van der Waals surface area contributed by atoms with Crippen LogP contribution in [0.2, 0.25) is 0 Å². The first kappa shape index (κ1) is 10.4. The maximum Gasteiger partial charge on any atom is 0.416 e. The minimum atomic E-state index is -4.53. The molecule has 0 aliphatic carbocycles. The highest BCUT2D eigenvalue weighted by atomic mass is 19.4. The lowest BCUT2D eigenvalue weighted by molar-refractivity contribution is -0.137. The maximum atomic E-state index is 12.1. The lowest BCUT2D eigenvalue weighted by Crippen LogP contribution is -2.04. The molecule has 0 aliphatic heterocycles. The van der Waals surface area contributed by atoms with Gasteiger partial charge in [-0.1, -0.05) is 0 Å². The van der Waals surface area contributed by atoms with Crippen LogP contribution in [0.5, 0.6) is 11.5 Å². The second-order valence-electron chi connectivity index (χ2n) is 2.39. The van der Waals surface area contributed by atoms with Crippen molar-refractivity contribution in [3.8, 4) is 11.5 Å². The van der Waals surface area contributed by atoms with Crippen molar-refractivity contribution in [3.05, 3.63) is 23.8 Å². The largest absolute Gasteiger partial charge is 0.504 e. The Bertz CT molecular complexity index is 346. The third-order valence-electron chi connectivity index (χ3n) is 1.46. The predicted octanol–water partition coefficient (Wildman–Crippen LogP) is 1.95. The standard InChI is InChI=1S/C8H5F3O3/c9-8(10,11)5-1-2-7(14-4-12)6(13)3-5/h1-4,13H. The molecule has 14 heavy (non-hydrogen) atoms. The van der Waals surface area contributed by atoms with E-state index >= 15 is 0 Å². The Kier molecular flexibility index (Phi) is 2.64. The number of phenols is 1. The molecule has 1 aromatic carbocycles. The van der Waals surface area contributed by atoms with E-state index in [0.717, 1.165) is 6.07 Å². The number of alkyl halides is 3. The Hall–Kier alpha value is -1.72. The SMILES string of the molecule is O=COc1ccc(C(F)(F)F)cc1O. The van der Waals surface area contributed by atoms with Crippen LogP contribution in [0.15, 0.2) is 18.2 Å². The number of rotatable bonds is 2. The summed E-state index contributed by atoms with van der Waals surface area (Å²) in [6.07, 6.45) is -4.53. The number of aromatic hydroxyl groups is 1. The summed E-state index contributed by atoms with van der Waals surface area (Å²) in [5.41, 5.74) is -1.01. The minimum absolute atomic E-state index is 0.0162. The summed E-state index contributed by atoms with van der Waals surface area (Å²) in [6.45, 7) is 0.0162. The predicted molar refractivity (Wildman–Crippen MR) is 39.8 cm³/mol. The fraction of sp³-hybridized carbons (Fsp3) is 0.125. The van der Waals surface area contributed by atoms with E-state index in [1.165, 1.54) is 0 Å². The molecule has 3 nitrogen and oxygen atoms in total. The van der Waals surface area contributed by atoms with Gasteiger partial charge >= 0.3 is 6.18 Å². The molecule has 1 N–H and O–H groups in total. The monoisotopic (exact) mass is 206 g/mol. The van der Waals surface area contributed by atoms with E-state index in [1.807, 2.05) is 0 Å². The molecule has 0 aromatic heterocycles. The number of hydrogen-bond acceptors (Lipinski definition) is 3. The van der Waals surface area contributed by atoms with Crippen molar-refractivity contribution in [1.82, 2.24) is 0 Å². The molecular weight excluding hydrogens is 201 g/mol. The Balaban J connectivity index is 3.06. The normalized spacial score (nSPS) is 11.1. The molecule has 6 heteroatoms. The number of phenolic OH excluding ortho intramolecular Hbond substituents is 1. The molecule has 0 atom stereocenters. The van der Waals surface area contributed by atoms with Gasteiger partial charge in [-0.15, -0.1) is 0 Å². The van der Waals surface area contributed by atoms with Crippen LogP contribution in [0.4, 0.5) is 13.2 Å². The highest BCUT2D eigenvalue weighted by Gasteiger charge is 2.31. The zero-order valence-electron chi connectivity index (χ0n) is 6.71. The van der Waals surface area contributed by atoms with E-state index in [4.69, 9.17) is 5.11 Å². The molecule has 1 aromatic rings. The average Bonchev–Trinajstić information content (AvgIpc) is 2.07. The zero-order chi connectivity index (χ0) is 10.8. The van der Waals surface area contributed by atoms with E-state index in [2.05, 4.69) is 4.74 Å². The number of hydrogen-bond donors (Lipinski definition) is 1. The third kappa shape index (κ3) is 2.15. The number of carbonyl (C=O) groups is 1. The highest BCUT2D eigenvalue weighted by Crippen LogP contribution is 2.35. The number of benzene rings is 1. The van der Waals surface area contributed by atoms with Crippen molar-refractivity contribution in [2.24, 2.45) is 0 Å². The Morgan fingerprint density at radius 2 is 2.00 bits per heavy atom. The van der Waals surface area contributed by atoms with Crippen molar-refractivity contribution >= 4 is 6.47 Å². The van der Waals surface area contributed by atoms with E-state index in [9.17, 15) is 18.0 Å². The Labute approximate surface area is 76.7 Å². The molecule has 0 saturated carbocycles. The topological polar surface area (TPSA) is 46.5 Å². The summed E-state index contributed by atoms with van der Waals surface area (Å²) >= 11 is 0. The quantitative estimate of drug-likeness (QED) is 0.752. The average molecular weight is 206 g/mol. The van der Waals surface area contributed by atoms with Gasteiger partial charge < -0.3 is 9.84 Å². The molecule has 76 valence electrons. The number of halogens is 3. The van der Waals surface area contributed by atoms with Crippen LogP contribution in [0, 0.1) is 0 Å². The van der Waals surface area contributed by atoms with Crippen molar-refractivity contribution in [1.29, 1.82) is 0 Å². The van der Waals surface area contributed by atoms with E-state index in [0.29, 0.717) is 12.1 Å². The zero-order valence-corrected chi connectivity index (χ0v) is 6.71. The molecule has 0 radical (unpaired) electrons. The molecule has 1 rings (SSSR count). The van der Waals surface area contributed by atoms with Crippen molar-refractivity contribution in [2.75, 3.05) is 0 Å². The molecule has 0 fully saturated rings. The molecular formula is C8H5F3O3. The van der Waals surface area contributed by atoms with Gasteiger partial charge in [0.25, 0.3) is 6.47 Å². The van der Waals surface area contributed by atoms with Gasteiger partial charge in [-0.25, -0.2) is 0 Å². The summed E-state index contributed by atoms with van der Waals surface area (Å²) in [5, 5.41) is 9.00. The summed E-state index contributed by atoms with van der Waals surface area (Å²) in [4.78, 5) is 9.85. The molecule has 0 spiro atoms. The van der Waals surface area contributed by atoms with Crippen LogP contribution < -0.4 is 4.74 Å². The molecule has 0 heterocycles. The Morgan fingerprint density at radius 3 is 2.43 bits per heavy atom. The maximum absolute atomic E-state index is 12.1. The first-order valence-corrected chi connectivity index (χ1v) is 3.45. The first-order chi connectivity index (χ1) is 6.45. The Morgan fingerprint density at radius 1 is 1.36 bits per heavy atom. The van der Waals surface area contributed by atoms with Crippen LogP contribution in [-0.2, 0) is 11.0 Å². The smallest absolute Gasteiger partial charge is 0.416 e. The van der Waals surface area contributed by atoms with E-state index < -0.39 is 17.5 Å². The highest BCUT2D eigenvalue weighted by molar-refractivity contribution is 5.51. The van der Waals surface area contributed by atoms with Crippen molar-refractivity contribution < 1.29 is 27.8 Å². The first-order valence-electron chi connectivity index (χ1n) is 3.45. The molecule has 0 unspecified atom stereocenters. The minimum Gasteiger partial charge on any atom is -0.504 e. The van der Waals surface area contributed by atoms with Gasteiger partial charge in [-0.3, -0.25) is 4.79 Å². The lowest BCUT2D eigenvalue weighted by atomic mass is 10.2. The van der Waals surface area contributed by atoms with Crippen LogP contribution in [0.25, 0.3) is 0 Å². The van der Waals surface area contributed by atoms with Crippen molar-refractivity contribution in [2.45, 2.75) is 6.18 Å². The van der Waals surface area contributed by atoms with Gasteiger partial charge in [-0.2, -0.15) is 13.2 Å². The molecule has 0 aliphatic rings. The second kappa shape index (κ2) is 3.57.